The number of nitrogens with one attached hydrogen (secondary N) is 1. The van der Waals surface area contributed by atoms with Gasteiger partial charge in [-0.05, 0) is 17.7 Å². The first kappa shape index (κ1) is 15.2. The van der Waals surface area contributed by atoms with Gasteiger partial charge in [-0.25, -0.2) is 9.78 Å². The van der Waals surface area contributed by atoms with Crippen LogP contribution in [0.3, 0.4) is 0 Å². The minimum atomic E-state index is -0.999. The number of hydrogen-bond acceptors (Lipinski definition) is 3. The second-order valence-electron chi connectivity index (χ2n) is 5.67. The summed E-state index contributed by atoms with van der Waals surface area (Å²) in [5.74, 6) is -0.999. The molecule has 0 saturated carbocycles. The van der Waals surface area contributed by atoms with Crippen LogP contribution in [-0.4, -0.2) is 22.6 Å². The molecule has 0 amide bonds. The van der Waals surface area contributed by atoms with E-state index >= 15 is 0 Å². The molecular weight excluding hydrogens is 264 g/mol. The maximum absolute atomic E-state index is 10.9. The highest BCUT2D eigenvalue weighted by atomic mass is 16.4. The van der Waals surface area contributed by atoms with E-state index in [9.17, 15) is 4.79 Å². The standard InChI is InChI=1S/C17H20N2O2/c1-17(2,13-7-4-3-5-8-13)12-18-11-14-9-6-10-15(19-14)16(20)21/h3-10,18H,11-12H2,1-2H3,(H,20,21). The summed E-state index contributed by atoms with van der Waals surface area (Å²) in [6.45, 7) is 5.69. The maximum atomic E-state index is 10.9. The molecule has 2 N–H and O–H groups in total. The highest BCUT2D eigenvalue weighted by Crippen LogP contribution is 2.21. The molecule has 0 atom stereocenters. The number of carboxylic acids is 1. The van der Waals surface area contributed by atoms with Crippen molar-refractivity contribution in [2.24, 2.45) is 0 Å². The molecule has 0 aliphatic rings. The molecule has 4 heteroatoms. The summed E-state index contributed by atoms with van der Waals surface area (Å²) in [6, 6.07) is 15.4. The second kappa shape index (κ2) is 6.50. The van der Waals surface area contributed by atoms with Crippen molar-refractivity contribution in [2.75, 3.05) is 6.54 Å². The fraction of sp³-hybridized carbons (Fsp3) is 0.294. The lowest BCUT2D eigenvalue weighted by molar-refractivity contribution is 0.0690. The molecule has 2 aromatic rings. The van der Waals surface area contributed by atoms with Crippen molar-refractivity contribution in [3.63, 3.8) is 0 Å². The van der Waals surface area contributed by atoms with Crippen molar-refractivity contribution in [1.29, 1.82) is 0 Å². The molecule has 1 heterocycles. The summed E-state index contributed by atoms with van der Waals surface area (Å²) >= 11 is 0. The summed E-state index contributed by atoms with van der Waals surface area (Å²) in [5.41, 5.74) is 2.09. The van der Waals surface area contributed by atoms with Crippen LogP contribution < -0.4 is 5.32 Å². The van der Waals surface area contributed by atoms with Crippen molar-refractivity contribution < 1.29 is 9.90 Å². The third-order valence-corrected chi connectivity index (χ3v) is 3.45. The zero-order chi connectivity index (χ0) is 15.3. The Balaban J connectivity index is 1.95. The number of rotatable bonds is 6. The molecule has 0 unspecified atom stereocenters. The predicted octanol–water partition coefficient (Wildman–Crippen LogP) is 2.85. The lowest BCUT2D eigenvalue weighted by atomic mass is 9.84. The normalized spacial score (nSPS) is 11.3. The van der Waals surface area contributed by atoms with E-state index in [2.05, 4.69) is 36.3 Å². The molecule has 1 aromatic heterocycles. The van der Waals surface area contributed by atoms with Crippen LogP contribution in [0.15, 0.2) is 48.5 Å². The van der Waals surface area contributed by atoms with Gasteiger partial charge in [0, 0.05) is 18.5 Å². The molecule has 0 bridgehead atoms. The minimum absolute atomic E-state index is 0.00562. The quantitative estimate of drug-likeness (QED) is 0.856. The first-order chi connectivity index (χ1) is 9.99. The number of aromatic nitrogens is 1. The molecule has 4 nitrogen and oxygen atoms in total. The minimum Gasteiger partial charge on any atom is -0.477 e. The summed E-state index contributed by atoms with van der Waals surface area (Å²) in [4.78, 5) is 15.0. The van der Waals surface area contributed by atoms with Gasteiger partial charge in [-0.3, -0.25) is 0 Å². The van der Waals surface area contributed by atoms with Gasteiger partial charge in [0.15, 0.2) is 0 Å². The molecule has 0 spiro atoms. The second-order valence-corrected chi connectivity index (χ2v) is 5.67. The number of aromatic carboxylic acids is 1. The van der Waals surface area contributed by atoms with Gasteiger partial charge < -0.3 is 10.4 Å². The number of nitrogens with zero attached hydrogens (tertiary/aromatic N) is 1. The Bertz CT molecular complexity index is 609. The predicted molar refractivity (Wildman–Crippen MR) is 82.4 cm³/mol. The van der Waals surface area contributed by atoms with Gasteiger partial charge in [0.2, 0.25) is 0 Å². The molecule has 0 fully saturated rings. The molecular formula is C17H20N2O2. The third-order valence-electron chi connectivity index (χ3n) is 3.45. The van der Waals surface area contributed by atoms with Crippen LogP contribution in [0.25, 0.3) is 0 Å². The van der Waals surface area contributed by atoms with Gasteiger partial charge in [-0.2, -0.15) is 0 Å². The van der Waals surface area contributed by atoms with Crippen LogP contribution in [0.5, 0.6) is 0 Å². The van der Waals surface area contributed by atoms with Crippen LogP contribution in [0, 0.1) is 0 Å². The zero-order valence-corrected chi connectivity index (χ0v) is 12.3. The van der Waals surface area contributed by atoms with Crippen LogP contribution >= 0.6 is 0 Å². The fourth-order valence-corrected chi connectivity index (χ4v) is 2.19. The largest absolute Gasteiger partial charge is 0.477 e. The van der Waals surface area contributed by atoms with E-state index in [-0.39, 0.29) is 11.1 Å². The Labute approximate surface area is 124 Å². The Morgan fingerprint density at radius 1 is 1.14 bits per heavy atom. The Hall–Kier alpha value is -2.20. The van der Waals surface area contributed by atoms with Gasteiger partial charge in [-0.15, -0.1) is 0 Å². The lowest BCUT2D eigenvalue weighted by Crippen LogP contribution is -2.32. The van der Waals surface area contributed by atoms with Gasteiger partial charge in [0.1, 0.15) is 5.69 Å². The van der Waals surface area contributed by atoms with Crippen molar-refractivity contribution >= 4 is 5.97 Å². The first-order valence-electron chi connectivity index (χ1n) is 6.94. The van der Waals surface area contributed by atoms with E-state index < -0.39 is 5.97 Å². The summed E-state index contributed by atoms with van der Waals surface area (Å²) < 4.78 is 0. The zero-order valence-electron chi connectivity index (χ0n) is 12.3. The summed E-state index contributed by atoms with van der Waals surface area (Å²) in [5, 5.41) is 12.3. The topological polar surface area (TPSA) is 62.2 Å². The number of hydrogen-bond donors (Lipinski definition) is 2. The van der Waals surface area contributed by atoms with Gasteiger partial charge in [0.25, 0.3) is 0 Å². The molecule has 110 valence electrons. The molecule has 21 heavy (non-hydrogen) atoms. The maximum Gasteiger partial charge on any atom is 0.354 e. The number of carboxylic acid groups (broad SMARTS) is 1. The van der Waals surface area contributed by atoms with Crippen LogP contribution in [-0.2, 0) is 12.0 Å². The number of benzene rings is 1. The van der Waals surface area contributed by atoms with Crippen molar-refractivity contribution in [3.05, 3.63) is 65.5 Å². The fourth-order valence-electron chi connectivity index (χ4n) is 2.19. The van der Waals surface area contributed by atoms with Crippen LogP contribution in [0.1, 0.15) is 35.6 Å². The van der Waals surface area contributed by atoms with Gasteiger partial charge in [-0.1, -0.05) is 50.2 Å². The third kappa shape index (κ3) is 4.13. The summed E-state index contributed by atoms with van der Waals surface area (Å²) in [6.07, 6.45) is 0. The van der Waals surface area contributed by atoms with E-state index in [4.69, 9.17) is 5.11 Å². The molecule has 0 radical (unpaired) electrons. The summed E-state index contributed by atoms with van der Waals surface area (Å²) in [7, 11) is 0. The SMILES string of the molecule is CC(C)(CNCc1cccc(C(=O)O)n1)c1ccccc1. The smallest absolute Gasteiger partial charge is 0.354 e. The van der Waals surface area contributed by atoms with Gasteiger partial charge >= 0.3 is 5.97 Å². The molecule has 2 rings (SSSR count). The number of carbonyl (C=O) groups is 1. The molecule has 1 aromatic carbocycles. The highest BCUT2D eigenvalue weighted by Gasteiger charge is 2.19. The van der Waals surface area contributed by atoms with Crippen LogP contribution in [0.4, 0.5) is 0 Å². The van der Waals surface area contributed by atoms with E-state index in [1.54, 1.807) is 6.07 Å². The average Bonchev–Trinajstić information content (AvgIpc) is 2.48. The van der Waals surface area contributed by atoms with Crippen molar-refractivity contribution in [1.82, 2.24) is 10.3 Å². The van der Waals surface area contributed by atoms with Crippen molar-refractivity contribution in [2.45, 2.75) is 25.8 Å². The average molecular weight is 284 g/mol. The molecule has 0 aliphatic carbocycles. The molecule has 0 aliphatic heterocycles. The van der Waals surface area contributed by atoms with E-state index in [0.29, 0.717) is 6.54 Å². The monoisotopic (exact) mass is 284 g/mol. The first-order valence-corrected chi connectivity index (χ1v) is 6.94. The Kier molecular flexibility index (Phi) is 4.70. The Morgan fingerprint density at radius 2 is 1.86 bits per heavy atom. The van der Waals surface area contributed by atoms with Crippen LogP contribution in [0.2, 0.25) is 0 Å². The van der Waals surface area contributed by atoms with E-state index in [1.807, 2.05) is 24.3 Å². The highest BCUT2D eigenvalue weighted by molar-refractivity contribution is 5.85. The van der Waals surface area contributed by atoms with Crippen molar-refractivity contribution in [3.8, 4) is 0 Å². The Morgan fingerprint density at radius 3 is 2.52 bits per heavy atom. The molecule has 0 saturated heterocycles. The van der Waals surface area contributed by atoms with Gasteiger partial charge in [0.05, 0.1) is 5.69 Å². The lowest BCUT2D eigenvalue weighted by Gasteiger charge is -2.25. The van der Waals surface area contributed by atoms with E-state index in [0.717, 1.165) is 12.2 Å². The van der Waals surface area contributed by atoms with E-state index in [1.165, 1.54) is 11.6 Å². The number of pyridine rings is 1.